The molecule has 0 bridgehead atoms. The molecule has 336 valence electrons. The standard InChI is InChI=1S/2C22H20F4N4O2/c1-13(31)29-6-8-30(9-7-29)20-5-3-15(11-18(20)22(24,25)26)27-12-17-16-4-2-14(23)10-19(16)28-21(17)32;1-12(31)28-15-6-7-30(11-15)20-5-3-14(9-18(20)22(24,25)26)27-10-17-16-4-2-13(23)8-19(16)29-21(17)32/h2-5,10-12,27H,6-9H2,1H3,(H,28,32);2-5,8-10,15,27H,6-7,11H2,1H3,(H,28,31)(H,29,32). The maximum Gasteiger partial charge on any atom is 0.418 e. The van der Waals surface area contributed by atoms with Crippen LogP contribution < -0.4 is 36.4 Å². The Kier molecular flexibility index (Phi) is 12.6. The summed E-state index contributed by atoms with van der Waals surface area (Å²) in [5, 5.41) is 13.3. The van der Waals surface area contributed by atoms with E-state index in [-0.39, 0.29) is 58.3 Å². The number of alkyl halides is 6. The van der Waals surface area contributed by atoms with Crippen molar-refractivity contribution in [3.05, 3.63) is 119 Å². The lowest BCUT2D eigenvalue weighted by molar-refractivity contribution is -0.138. The molecule has 4 aromatic rings. The zero-order chi connectivity index (χ0) is 46.1. The molecule has 5 N–H and O–H groups in total. The fraction of sp³-hybridized carbons (Fsp3) is 0.273. The number of carbonyl (C=O) groups excluding carboxylic acids is 4. The van der Waals surface area contributed by atoms with Gasteiger partial charge in [-0.1, -0.05) is 0 Å². The molecule has 4 aromatic carbocycles. The van der Waals surface area contributed by atoms with E-state index >= 15 is 0 Å². The van der Waals surface area contributed by atoms with Crippen LogP contribution in [0.3, 0.4) is 0 Å². The Bertz CT molecular complexity index is 2430. The molecule has 0 spiro atoms. The predicted molar refractivity (Wildman–Crippen MR) is 225 cm³/mol. The number of anilines is 6. The summed E-state index contributed by atoms with van der Waals surface area (Å²) in [4.78, 5) is 51.9. The third-order valence-electron chi connectivity index (χ3n) is 10.9. The highest BCUT2D eigenvalue weighted by atomic mass is 19.4. The lowest BCUT2D eigenvalue weighted by atomic mass is 10.1. The van der Waals surface area contributed by atoms with Crippen molar-refractivity contribution in [1.29, 1.82) is 0 Å². The van der Waals surface area contributed by atoms with E-state index in [4.69, 9.17) is 0 Å². The average molecular weight is 897 g/mol. The first-order valence-corrected chi connectivity index (χ1v) is 19.9. The molecule has 4 heterocycles. The van der Waals surface area contributed by atoms with E-state index in [1.54, 1.807) is 14.7 Å². The molecule has 0 radical (unpaired) electrons. The minimum Gasteiger partial charge on any atom is -0.369 e. The van der Waals surface area contributed by atoms with E-state index in [2.05, 4.69) is 26.6 Å². The molecule has 4 aliphatic heterocycles. The fourth-order valence-corrected chi connectivity index (χ4v) is 7.83. The minimum atomic E-state index is -4.60. The summed E-state index contributed by atoms with van der Waals surface area (Å²) in [7, 11) is 0. The zero-order valence-corrected chi connectivity index (χ0v) is 34.1. The molecular formula is C44H40F8N8O4. The molecule has 4 amide bonds. The van der Waals surface area contributed by atoms with Gasteiger partial charge in [0.05, 0.1) is 33.6 Å². The highest BCUT2D eigenvalue weighted by Gasteiger charge is 2.38. The number of nitrogens with zero attached hydrogens (tertiary/aromatic N) is 3. The quantitative estimate of drug-likeness (QED) is 0.0934. The van der Waals surface area contributed by atoms with Crippen molar-refractivity contribution in [2.75, 3.05) is 70.3 Å². The highest BCUT2D eigenvalue weighted by Crippen LogP contribution is 2.41. The molecule has 1 atom stereocenters. The van der Waals surface area contributed by atoms with Crippen LogP contribution in [0.25, 0.3) is 11.1 Å². The van der Waals surface area contributed by atoms with Gasteiger partial charge < -0.3 is 41.3 Å². The first-order chi connectivity index (χ1) is 30.2. The SMILES string of the molecule is CC(=O)N1CCN(c2ccc(NC=C3C(=O)Nc4cc(F)ccc43)cc2C(F)(F)F)CC1.CC(=O)NC1CCN(c2ccc(NC=C3C(=O)Nc4cc(F)ccc43)cc2C(F)(F)F)C1. The van der Waals surface area contributed by atoms with Crippen molar-refractivity contribution in [1.82, 2.24) is 10.2 Å². The highest BCUT2D eigenvalue weighted by molar-refractivity contribution is 6.32. The van der Waals surface area contributed by atoms with Crippen LogP contribution in [0.15, 0.2) is 85.2 Å². The molecule has 12 nitrogen and oxygen atoms in total. The average Bonchev–Trinajstić information content (AvgIpc) is 3.91. The summed E-state index contributed by atoms with van der Waals surface area (Å²) in [5.74, 6) is -2.30. The van der Waals surface area contributed by atoms with Gasteiger partial charge in [0.1, 0.15) is 11.6 Å². The molecule has 2 saturated heterocycles. The van der Waals surface area contributed by atoms with Gasteiger partial charge in [-0.25, -0.2) is 8.78 Å². The van der Waals surface area contributed by atoms with Gasteiger partial charge in [0, 0.05) is 105 Å². The molecule has 20 heteroatoms. The number of amides is 4. The number of carbonyl (C=O) groups is 4. The number of halogens is 8. The lowest BCUT2D eigenvalue weighted by Gasteiger charge is -2.36. The summed E-state index contributed by atoms with van der Waals surface area (Å²) >= 11 is 0. The number of piperazine rings is 1. The number of rotatable bonds is 7. The van der Waals surface area contributed by atoms with Crippen LogP contribution in [0.5, 0.6) is 0 Å². The van der Waals surface area contributed by atoms with Crippen molar-refractivity contribution < 1.29 is 54.3 Å². The molecule has 2 fully saturated rings. The monoisotopic (exact) mass is 896 g/mol. The molecule has 0 saturated carbocycles. The van der Waals surface area contributed by atoms with Gasteiger partial charge in [-0.3, -0.25) is 19.2 Å². The Hall–Kier alpha value is -7.12. The van der Waals surface area contributed by atoms with Gasteiger partial charge in [-0.2, -0.15) is 26.3 Å². The van der Waals surface area contributed by atoms with Crippen molar-refractivity contribution in [3.8, 4) is 0 Å². The largest absolute Gasteiger partial charge is 0.418 e. The van der Waals surface area contributed by atoms with E-state index in [0.29, 0.717) is 61.6 Å². The van der Waals surface area contributed by atoms with Gasteiger partial charge >= 0.3 is 12.4 Å². The minimum absolute atomic E-state index is 0.0305. The van der Waals surface area contributed by atoms with E-state index in [0.717, 1.165) is 12.1 Å². The second-order valence-corrected chi connectivity index (χ2v) is 15.3. The van der Waals surface area contributed by atoms with Crippen LogP contribution >= 0.6 is 0 Å². The molecule has 4 aliphatic rings. The van der Waals surface area contributed by atoms with Crippen molar-refractivity contribution in [3.63, 3.8) is 0 Å². The lowest BCUT2D eigenvalue weighted by Crippen LogP contribution is -2.48. The summed E-state index contributed by atoms with van der Waals surface area (Å²) in [6.07, 6.45) is -6.03. The van der Waals surface area contributed by atoms with Gasteiger partial charge in [0.2, 0.25) is 11.8 Å². The van der Waals surface area contributed by atoms with Crippen molar-refractivity contribution in [2.45, 2.75) is 38.7 Å². The molecule has 1 unspecified atom stereocenters. The van der Waals surface area contributed by atoms with Crippen molar-refractivity contribution >= 4 is 68.9 Å². The maximum atomic E-state index is 13.8. The number of nitrogens with one attached hydrogen (secondary N) is 5. The van der Waals surface area contributed by atoms with Gasteiger partial charge in [-0.05, 0) is 79.2 Å². The Morgan fingerprint density at radius 1 is 0.641 bits per heavy atom. The molecule has 64 heavy (non-hydrogen) atoms. The first-order valence-electron chi connectivity index (χ1n) is 19.9. The Labute approximate surface area is 361 Å². The fourth-order valence-electron chi connectivity index (χ4n) is 7.83. The zero-order valence-electron chi connectivity index (χ0n) is 34.1. The van der Waals surface area contributed by atoms with Crippen LogP contribution in [-0.4, -0.2) is 73.8 Å². The number of fused-ring (bicyclic) bond motifs is 2. The Balaban J connectivity index is 0.000000191. The second-order valence-electron chi connectivity index (χ2n) is 15.3. The third kappa shape index (κ3) is 10.1. The van der Waals surface area contributed by atoms with Crippen LogP contribution in [0.1, 0.15) is 42.5 Å². The van der Waals surface area contributed by atoms with Gasteiger partial charge in [-0.15, -0.1) is 0 Å². The van der Waals surface area contributed by atoms with Crippen LogP contribution in [-0.2, 0) is 31.5 Å². The smallest absolute Gasteiger partial charge is 0.369 e. The molecular weight excluding hydrogens is 857 g/mol. The van der Waals surface area contributed by atoms with Gasteiger partial charge in [0.25, 0.3) is 11.8 Å². The Morgan fingerprint density at radius 2 is 1.11 bits per heavy atom. The van der Waals surface area contributed by atoms with Crippen LogP contribution in [0.4, 0.5) is 69.2 Å². The summed E-state index contributed by atoms with van der Waals surface area (Å²) in [5.41, 5.74) is 0.649. The predicted octanol–water partition coefficient (Wildman–Crippen LogP) is 7.88. The molecule has 8 rings (SSSR count). The first kappa shape index (κ1) is 44.9. The van der Waals surface area contributed by atoms with E-state index in [1.165, 1.54) is 86.9 Å². The van der Waals surface area contributed by atoms with Gasteiger partial charge in [0.15, 0.2) is 0 Å². The second kappa shape index (κ2) is 17.9. The Morgan fingerprint density at radius 3 is 1.55 bits per heavy atom. The molecule has 0 aromatic heterocycles. The maximum absolute atomic E-state index is 13.8. The summed E-state index contributed by atoms with van der Waals surface area (Å²) < 4.78 is 109. The molecule has 0 aliphatic carbocycles. The number of hydrogen-bond donors (Lipinski definition) is 5. The topological polar surface area (TPSA) is 138 Å². The third-order valence-corrected chi connectivity index (χ3v) is 10.9. The number of hydrogen-bond acceptors (Lipinski definition) is 8. The van der Waals surface area contributed by atoms with Crippen molar-refractivity contribution in [2.24, 2.45) is 0 Å². The number of benzene rings is 4. The normalized spacial score (nSPS) is 18.3. The van der Waals surface area contributed by atoms with E-state index < -0.39 is 46.9 Å². The van der Waals surface area contributed by atoms with E-state index in [1.807, 2.05) is 0 Å². The van der Waals surface area contributed by atoms with E-state index in [9.17, 15) is 54.3 Å². The van der Waals surface area contributed by atoms with Crippen LogP contribution in [0, 0.1) is 11.6 Å². The summed E-state index contributed by atoms with van der Waals surface area (Å²) in [6, 6.07) is 15.1. The summed E-state index contributed by atoms with van der Waals surface area (Å²) in [6.45, 7) is 4.79. The van der Waals surface area contributed by atoms with Crippen LogP contribution in [0.2, 0.25) is 0 Å².